The van der Waals surface area contributed by atoms with Gasteiger partial charge in [-0.05, 0) is 97.8 Å². The van der Waals surface area contributed by atoms with Crippen molar-refractivity contribution in [1.29, 1.82) is 0 Å². The first-order chi connectivity index (χ1) is 30.4. The van der Waals surface area contributed by atoms with Crippen molar-refractivity contribution in [2.24, 2.45) is 5.92 Å². The van der Waals surface area contributed by atoms with E-state index < -0.39 is 5.91 Å². The number of rotatable bonds is 10. The zero-order valence-electron chi connectivity index (χ0n) is 36.6. The molecule has 15 heteroatoms. The van der Waals surface area contributed by atoms with Crippen LogP contribution in [0.5, 0.6) is 0 Å². The number of piperidine rings is 1. The fraction of sp³-hybridized carbons (Fsp3) is 0.396. The van der Waals surface area contributed by atoms with Crippen molar-refractivity contribution in [3.05, 3.63) is 102 Å². The Kier molecular flexibility index (Phi) is 11.4. The number of hydrogen-bond acceptors (Lipinski definition) is 11. The maximum absolute atomic E-state index is 12.9. The number of carbonyl (C=O) groups is 3. The van der Waals surface area contributed by atoms with Crippen molar-refractivity contribution in [3.8, 4) is 22.5 Å². The molecule has 3 fully saturated rings. The van der Waals surface area contributed by atoms with Gasteiger partial charge in [0.05, 0.1) is 11.7 Å². The zero-order valence-corrected chi connectivity index (χ0v) is 36.6. The van der Waals surface area contributed by atoms with E-state index in [1.165, 1.54) is 24.2 Å². The van der Waals surface area contributed by atoms with E-state index in [9.17, 15) is 14.4 Å². The monoisotopic (exact) mass is 849 g/mol. The van der Waals surface area contributed by atoms with Crippen LogP contribution in [0.4, 0.5) is 21.9 Å². The van der Waals surface area contributed by atoms with Gasteiger partial charge in [0.25, 0.3) is 0 Å². The summed E-state index contributed by atoms with van der Waals surface area (Å²) in [6.07, 6.45) is 4.27. The number of aromatic amines is 1. The summed E-state index contributed by atoms with van der Waals surface area (Å²) in [5.74, 6) is 0.504. The number of aromatic nitrogens is 5. The van der Waals surface area contributed by atoms with E-state index in [0.29, 0.717) is 24.7 Å². The molecule has 3 aromatic heterocycles. The molecule has 15 nitrogen and oxygen atoms in total. The number of aryl methyl sites for hydroxylation is 1. The minimum atomic E-state index is -0.406. The minimum absolute atomic E-state index is 0.0452. The molecule has 3 N–H and O–H groups in total. The van der Waals surface area contributed by atoms with Crippen LogP contribution in [-0.2, 0) is 10.2 Å². The van der Waals surface area contributed by atoms with Gasteiger partial charge in [-0.25, -0.2) is 14.8 Å². The van der Waals surface area contributed by atoms with Gasteiger partial charge < -0.3 is 24.6 Å². The number of hydrogen-bond donors (Lipinski definition) is 3. The summed E-state index contributed by atoms with van der Waals surface area (Å²) in [5, 5.41) is 10.3. The van der Waals surface area contributed by atoms with Crippen LogP contribution in [0.15, 0.2) is 83.6 Å². The third-order valence-electron chi connectivity index (χ3n) is 12.7. The second kappa shape index (κ2) is 17.3. The topological polar surface area (TPSA) is 169 Å². The number of benzene rings is 3. The SMILES string of the molecule is Cc1cc(-c2ncnc3[nH]c(-c4ccc(N5CCC(CN6CCN(c7ccc(N8CCC(=O)NC8=O)cc7)CC6)CC5)cc4)cc23)ccc1[C@@H](C)NC(=O)c1nc(C(C)(C)C)no1. The van der Waals surface area contributed by atoms with Crippen LogP contribution < -0.4 is 25.3 Å². The molecule has 326 valence electrons. The average molecular weight is 850 g/mol. The smallest absolute Gasteiger partial charge is 0.328 e. The van der Waals surface area contributed by atoms with Gasteiger partial charge in [-0.15, -0.1) is 0 Å². The molecule has 0 saturated carbocycles. The standard InChI is InChI=1S/C48H55N11O4/c1-30-26-34(8-15-38(30)31(2)51-44(61)45-54-46(55-63-45)48(3,4)5)42-39-27-40(52-43(39)50-29-49-42)33-6-9-35(10-7-33)57-19-16-32(17-20-57)28-56-22-24-58(25-23-56)36-11-13-37(14-12-36)59-21-18-41(60)53-47(59)62/h6-15,26-27,29,31-32H,16-25,28H2,1-5H3,(H,51,61)(H,49,50,52)(H,53,60,62)/t31-/m1/s1. The van der Waals surface area contributed by atoms with Crippen LogP contribution in [0.25, 0.3) is 33.5 Å². The number of urea groups is 1. The Morgan fingerprint density at radius 3 is 2.17 bits per heavy atom. The highest BCUT2D eigenvalue weighted by Crippen LogP contribution is 2.34. The van der Waals surface area contributed by atoms with Crippen molar-refractivity contribution in [3.63, 3.8) is 0 Å². The van der Waals surface area contributed by atoms with E-state index in [0.717, 1.165) is 96.2 Å². The van der Waals surface area contributed by atoms with E-state index >= 15 is 0 Å². The molecule has 6 aromatic rings. The Labute approximate surface area is 367 Å². The molecule has 63 heavy (non-hydrogen) atoms. The van der Waals surface area contributed by atoms with E-state index in [-0.39, 0.29) is 29.3 Å². The van der Waals surface area contributed by atoms with Crippen LogP contribution in [0, 0.1) is 12.8 Å². The number of carbonyl (C=O) groups excluding carboxylic acids is 3. The van der Waals surface area contributed by atoms with Gasteiger partial charge in [-0.3, -0.25) is 24.7 Å². The van der Waals surface area contributed by atoms with Crippen molar-refractivity contribution in [2.75, 3.05) is 67.1 Å². The molecule has 0 radical (unpaired) electrons. The van der Waals surface area contributed by atoms with E-state index in [4.69, 9.17) is 9.51 Å². The van der Waals surface area contributed by atoms with Crippen LogP contribution >= 0.6 is 0 Å². The third-order valence-corrected chi connectivity index (χ3v) is 12.7. The van der Waals surface area contributed by atoms with Crippen molar-refractivity contribution in [2.45, 2.75) is 65.3 Å². The van der Waals surface area contributed by atoms with Gasteiger partial charge >= 0.3 is 17.8 Å². The largest absolute Gasteiger partial charge is 0.372 e. The van der Waals surface area contributed by atoms with Crippen LogP contribution in [0.3, 0.4) is 0 Å². The predicted molar refractivity (Wildman–Crippen MR) is 244 cm³/mol. The zero-order chi connectivity index (χ0) is 43.8. The number of H-pyrrole nitrogens is 1. The quantitative estimate of drug-likeness (QED) is 0.127. The number of nitrogens with zero attached hydrogens (tertiary/aromatic N) is 8. The highest BCUT2D eigenvalue weighted by atomic mass is 16.5. The molecule has 9 rings (SSSR count). The predicted octanol–water partition coefficient (Wildman–Crippen LogP) is 7.26. The summed E-state index contributed by atoms with van der Waals surface area (Å²) in [4.78, 5) is 63.0. The number of piperazine rings is 1. The summed E-state index contributed by atoms with van der Waals surface area (Å²) in [6, 6.07) is 24.6. The normalized spacial score (nSPS) is 17.3. The Bertz CT molecular complexity index is 2620. The van der Waals surface area contributed by atoms with Crippen molar-refractivity contribution >= 4 is 45.9 Å². The van der Waals surface area contributed by atoms with Crippen LogP contribution in [0.1, 0.15) is 80.6 Å². The van der Waals surface area contributed by atoms with Crippen LogP contribution in [-0.4, -0.2) is 100 Å². The van der Waals surface area contributed by atoms with Gasteiger partial charge in [0, 0.05) is 97.9 Å². The Balaban J connectivity index is 0.768. The molecule has 3 aliphatic rings. The number of fused-ring (bicyclic) bond motifs is 1. The van der Waals surface area contributed by atoms with E-state index in [1.807, 2.05) is 58.9 Å². The first kappa shape index (κ1) is 41.7. The summed E-state index contributed by atoms with van der Waals surface area (Å²) >= 11 is 0. The molecule has 0 aliphatic carbocycles. The molecule has 3 aromatic carbocycles. The van der Waals surface area contributed by atoms with Crippen molar-refractivity contribution in [1.82, 2.24) is 40.6 Å². The molecule has 0 unspecified atom stereocenters. The lowest BCUT2D eigenvalue weighted by molar-refractivity contribution is -0.120. The van der Waals surface area contributed by atoms with Gasteiger partial charge in [0.2, 0.25) is 5.91 Å². The number of amides is 4. The highest BCUT2D eigenvalue weighted by Gasteiger charge is 2.28. The first-order valence-electron chi connectivity index (χ1n) is 22.0. The summed E-state index contributed by atoms with van der Waals surface area (Å²) in [7, 11) is 0. The molecule has 6 heterocycles. The lowest BCUT2D eigenvalue weighted by Crippen LogP contribution is -2.49. The molecule has 4 amide bonds. The second-order valence-electron chi connectivity index (χ2n) is 18.1. The Morgan fingerprint density at radius 1 is 0.841 bits per heavy atom. The maximum atomic E-state index is 12.9. The number of imide groups is 1. The molecule has 1 atom stereocenters. The lowest BCUT2D eigenvalue weighted by atomic mass is 9.95. The van der Waals surface area contributed by atoms with Gasteiger partial charge in [-0.1, -0.05) is 50.2 Å². The maximum Gasteiger partial charge on any atom is 0.328 e. The van der Waals surface area contributed by atoms with Gasteiger partial charge in [0.1, 0.15) is 12.0 Å². The molecule has 3 aliphatic heterocycles. The Morgan fingerprint density at radius 2 is 1.51 bits per heavy atom. The summed E-state index contributed by atoms with van der Waals surface area (Å²) < 4.78 is 5.25. The summed E-state index contributed by atoms with van der Waals surface area (Å²) in [5.41, 5.74) is 9.57. The number of anilines is 3. The second-order valence-corrected chi connectivity index (χ2v) is 18.1. The lowest BCUT2D eigenvalue weighted by Gasteiger charge is -2.40. The highest BCUT2D eigenvalue weighted by molar-refractivity contribution is 6.05. The van der Waals surface area contributed by atoms with Crippen LogP contribution in [0.2, 0.25) is 0 Å². The third kappa shape index (κ3) is 9.01. The molecule has 0 bridgehead atoms. The number of nitrogens with one attached hydrogen (secondary N) is 3. The molecular weight excluding hydrogens is 795 g/mol. The minimum Gasteiger partial charge on any atom is -0.372 e. The molecular formula is C48H55N11O4. The molecule has 0 spiro atoms. The average Bonchev–Trinajstić information content (AvgIpc) is 3.97. The van der Waals surface area contributed by atoms with E-state index in [2.05, 4.69) is 94.0 Å². The fourth-order valence-electron chi connectivity index (χ4n) is 9.02. The van der Waals surface area contributed by atoms with Gasteiger partial charge in [0.15, 0.2) is 5.82 Å². The van der Waals surface area contributed by atoms with Gasteiger partial charge in [-0.2, -0.15) is 4.98 Å². The van der Waals surface area contributed by atoms with E-state index in [1.54, 1.807) is 11.2 Å². The van der Waals surface area contributed by atoms with Crippen molar-refractivity contribution < 1.29 is 18.9 Å². The first-order valence-corrected chi connectivity index (χ1v) is 22.0. The Hall–Kier alpha value is -6.61. The molecule has 3 saturated heterocycles. The fourth-order valence-corrected chi connectivity index (χ4v) is 9.02. The summed E-state index contributed by atoms with van der Waals surface area (Å²) in [6.45, 7) is 17.6.